The van der Waals surface area contributed by atoms with Gasteiger partial charge >= 0.3 is 12.0 Å². The molecule has 1 aromatic heterocycles. The zero-order chi connectivity index (χ0) is 18.5. The molecule has 3 heterocycles. The van der Waals surface area contributed by atoms with Gasteiger partial charge in [-0.1, -0.05) is 0 Å². The molecule has 3 N–H and O–H groups in total. The Balaban J connectivity index is 1.52. The van der Waals surface area contributed by atoms with Crippen molar-refractivity contribution in [3.63, 3.8) is 0 Å². The lowest BCUT2D eigenvalue weighted by molar-refractivity contribution is -0.143. The number of likely N-dealkylation sites (tertiary alicyclic amines) is 1. The zero-order valence-corrected chi connectivity index (χ0v) is 15.0. The van der Waals surface area contributed by atoms with Crippen molar-refractivity contribution in [2.75, 3.05) is 43.4 Å². The number of hydrogen-bond acceptors (Lipinski definition) is 6. The molecule has 2 aliphatic heterocycles. The molecule has 0 radical (unpaired) electrons. The van der Waals surface area contributed by atoms with Crippen LogP contribution >= 0.6 is 0 Å². The van der Waals surface area contributed by atoms with Gasteiger partial charge in [0.2, 0.25) is 0 Å². The molecule has 0 bridgehead atoms. The molecule has 142 valence electrons. The van der Waals surface area contributed by atoms with Crippen LogP contribution in [0.25, 0.3) is 0 Å². The Morgan fingerprint density at radius 2 is 2.00 bits per heavy atom. The summed E-state index contributed by atoms with van der Waals surface area (Å²) in [6, 6.07) is 2.01. The highest BCUT2D eigenvalue weighted by Crippen LogP contribution is 2.24. The monoisotopic (exact) mass is 362 g/mol. The van der Waals surface area contributed by atoms with Crippen LogP contribution in [0.4, 0.5) is 16.4 Å². The summed E-state index contributed by atoms with van der Waals surface area (Å²) in [6.07, 6.45) is 4.64. The van der Waals surface area contributed by atoms with Crippen LogP contribution in [-0.2, 0) is 4.79 Å². The average Bonchev–Trinajstić information content (AvgIpc) is 3.15. The third-order valence-electron chi connectivity index (χ3n) is 5.20. The van der Waals surface area contributed by atoms with Crippen molar-refractivity contribution < 1.29 is 14.7 Å². The number of aliphatic carboxylic acids is 1. The van der Waals surface area contributed by atoms with E-state index in [0.29, 0.717) is 32.5 Å². The van der Waals surface area contributed by atoms with Crippen LogP contribution in [0.3, 0.4) is 0 Å². The third-order valence-corrected chi connectivity index (χ3v) is 5.20. The molecule has 2 saturated heterocycles. The minimum absolute atomic E-state index is 0.112. The van der Waals surface area contributed by atoms with Gasteiger partial charge in [0.05, 0.1) is 5.92 Å². The first-order chi connectivity index (χ1) is 12.6. The van der Waals surface area contributed by atoms with E-state index in [-0.39, 0.29) is 18.0 Å². The molecule has 2 aliphatic rings. The van der Waals surface area contributed by atoms with E-state index in [1.165, 1.54) is 0 Å². The summed E-state index contributed by atoms with van der Waals surface area (Å²) in [5.41, 5.74) is 0. The fourth-order valence-electron chi connectivity index (χ4n) is 3.64. The summed E-state index contributed by atoms with van der Waals surface area (Å²) in [4.78, 5) is 35.8. The number of nitrogens with one attached hydrogen (secondary N) is 2. The number of hydrogen-bond donors (Lipinski definition) is 3. The Hall–Kier alpha value is -2.58. The van der Waals surface area contributed by atoms with Gasteiger partial charge in [0.15, 0.2) is 0 Å². The molecule has 0 spiro atoms. The van der Waals surface area contributed by atoms with E-state index in [1.807, 2.05) is 13.1 Å². The summed E-state index contributed by atoms with van der Waals surface area (Å²) in [5.74, 6) is 0.537. The maximum atomic E-state index is 12.4. The van der Waals surface area contributed by atoms with Crippen LogP contribution in [-0.4, -0.2) is 71.2 Å². The Morgan fingerprint density at radius 1 is 1.23 bits per heavy atom. The van der Waals surface area contributed by atoms with E-state index in [9.17, 15) is 9.59 Å². The number of nitrogens with zero attached hydrogens (tertiary/aromatic N) is 4. The summed E-state index contributed by atoms with van der Waals surface area (Å²) >= 11 is 0. The van der Waals surface area contributed by atoms with E-state index in [1.54, 1.807) is 11.2 Å². The molecule has 1 unspecified atom stereocenters. The summed E-state index contributed by atoms with van der Waals surface area (Å²) < 4.78 is 0. The fourth-order valence-corrected chi connectivity index (χ4v) is 3.64. The second-order valence-electron chi connectivity index (χ2n) is 6.79. The maximum absolute atomic E-state index is 12.4. The first kappa shape index (κ1) is 18.2. The van der Waals surface area contributed by atoms with Crippen LogP contribution in [0.1, 0.15) is 25.7 Å². The van der Waals surface area contributed by atoms with Crippen molar-refractivity contribution in [1.29, 1.82) is 0 Å². The Labute approximate surface area is 152 Å². The standard InChI is InChI=1S/C17H26N6O3/c1-18-14-9-15(21-11-20-14)23-6-2-3-13(23)10-19-17(26)22-7-4-12(5-8-22)16(24)25/h9,11-13H,2-8,10H2,1H3,(H,19,26)(H,24,25)(H,18,20,21). The van der Waals surface area contributed by atoms with Gasteiger partial charge in [-0.05, 0) is 25.7 Å². The highest BCUT2D eigenvalue weighted by atomic mass is 16.4. The number of aromatic nitrogens is 2. The highest BCUT2D eigenvalue weighted by molar-refractivity contribution is 5.75. The van der Waals surface area contributed by atoms with Crippen LogP contribution in [0.2, 0.25) is 0 Å². The Kier molecular flexibility index (Phi) is 5.75. The quantitative estimate of drug-likeness (QED) is 0.716. The normalized spacial score (nSPS) is 20.9. The smallest absolute Gasteiger partial charge is 0.317 e. The van der Waals surface area contributed by atoms with Crippen LogP contribution in [0.5, 0.6) is 0 Å². The first-order valence-electron chi connectivity index (χ1n) is 9.10. The predicted molar refractivity (Wildman–Crippen MR) is 97.3 cm³/mol. The molecular formula is C17H26N6O3. The molecule has 2 fully saturated rings. The van der Waals surface area contributed by atoms with Gasteiger partial charge in [-0.25, -0.2) is 14.8 Å². The largest absolute Gasteiger partial charge is 0.481 e. The number of carboxylic acid groups (broad SMARTS) is 1. The minimum Gasteiger partial charge on any atom is -0.481 e. The van der Waals surface area contributed by atoms with Gasteiger partial charge in [0.25, 0.3) is 0 Å². The molecule has 9 nitrogen and oxygen atoms in total. The van der Waals surface area contributed by atoms with Gasteiger partial charge in [0, 0.05) is 45.3 Å². The topological polar surface area (TPSA) is 111 Å². The van der Waals surface area contributed by atoms with E-state index < -0.39 is 5.97 Å². The summed E-state index contributed by atoms with van der Waals surface area (Å²) in [7, 11) is 1.82. The molecule has 1 aromatic rings. The molecule has 26 heavy (non-hydrogen) atoms. The van der Waals surface area contributed by atoms with E-state index in [2.05, 4.69) is 25.5 Å². The van der Waals surface area contributed by atoms with Gasteiger partial charge in [-0.2, -0.15) is 0 Å². The van der Waals surface area contributed by atoms with Gasteiger partial charge in [0.1, 0.15) is 18.0 Å². The Morgan fingerprint density at radius 3 is 2.69 bits per heavy atom. The van der Waals surface area contributed by atoms with Crippen molar-refractivity contribution >= 4 is 23.6 Å². The van der Waals surface area contributed by atoms with Crippen LogP contribution in [0, 0.1) is 5.92 Å². The number of amides is 2. The maximum Gasteiger partial charge on any atom is 0.317 e. The number of urea groups is 1. The molecule has 9 heteroatoms. The van der Waals surface area contributed by atoms with Crippen molar-refractivity contribution in [2.24, 2.45) is 5.92 Å². The van der Waals surface area contributed by atoms with Crippen LogP contribution < -0.4 is 15.5 Å². The highest BCUT2D eigenvalue weighted by Gasteiger charge is 2.29. The van der Waals surface area contributed by atoms with E-state index >= 15 is 0 Å². The summed E-state index contributed by atoms with van der Waals surface area (Å²) in [6.45, 7) is 2.45. The Bertz CT molecular complexity index is 647. The van der Waals surface area contributed by atoms with E-state index in [4.69, 9.17) is 5.11 Å². The summed E-state index contributed by atoms with van der Waals surface area (Å²) in [5, 5.41) is 15.1. The molecule has 0 aromatic carbocycles. The van der Waals surface area contributed by atoms with Gasteiger partial charge in [-0.3, -0.25) is 4.79 Å². The predicted octanol–water partition coefficient (Wildman–Crippen LogP) is 0.993. The second kappa shape index (κ2) is 8.20. The molecule has 3 rings (SSSR count). The fraction of sp³-hybridized carbons (Fsp3) is 0.647. The van der Waals surface area contributed by atoms with Gasteiger partial charge in [-0.15, -0.1) is 0 Å². The van der Waals surface area contributed by atoms with E-state index in [0.717, 1.165) is 31.0 Å². The second-order valence-corrected chi connectivity index (χ2v) is 6.79. The lowest BCUT2D eigenvalue weighted by Gasteiger charge is -2.31. The lowest BCUT2D eigenvalue weighted by atomic mass is 9.97. The lowest BCUT2D eigenvalue weighted by Crippen LogP contribution is -2.48. The third kappa shape index (κ3) is 4.14. The zero-order valence-electron chi connectivity index (χ0n) is 15.0. The van der Waals surface area contributed by atoms with Crippen molar-refractivity contribution in [3.8, 4) is 0 Å². The van der Waals surface area contributed by atoms with Crippen molar-refractivity contribution in [3.05, 3.63) is 12.4 Å². The number of piperidine rings is 1. The molecular weight excluding hydrogens is 336 g/mol. The van der Waals surface area contributed by atoms with Crippen molar-refractivity contribution in [1.82, 2.24) is 20.2 Å². The molecule has 0 saturated carbocycles. The van der Waals surface area contributed by atoms with Crippen LogP contribution in [0.15, 0.2) is 12.4 Å². The first-order valence-corrected chi connectivity index (χ1v) is 9.10. The molecule has 1 atom stereocenters. The number of carboxylic acids is 1. The molecule has 0 aliphatic carbocycles. The SMILES string of the molecule is CNc1cc(N2CCCC2CNC(=O)N2CCC(C(=O)O)CC2)ncn1. The minimum atomic E-state index is -0.766. The number of carbonyl (C=O) groups is 2. The number of carbonyl (C=O) groups excluding carboxylic acids is 1. The number of rotatable bonds is 5. The number of anilines is 2. The average molecular weight is 362 g/mol. The van der Waals surface area contributed by atoms with Gasteiger partial charge < -0.3 is 25.5 Å². The molecule has 2 amide bonds. The van der Waals surface area contributed by atoms with Crippen molar-refractivity contribution in [2.45, 2.75) is 31.7 Å².